The molecule has 3 heteroatoms. The third kappa shape index (κ3) is 8.82. The molecule has 0 aliphatic carbocycles. The summed E-state index contributed by atoms with van der Waals surface area (Å²) in [7, 11) is 0. The van der Waals surface area contributed by atoms with Crippen molar-refractivity contribution in [3.63, 3.8) is 0 Å². The van der Waals surface area contributed by atoms with Crippen molar-refractivity contribution in [2.24, 2.45) is 0 Å². The van der Waals surface area contributed by atoms with Gasteiger partial charge in [-0.1, -0.05) is 106 Å². The van der Waals surface area contributed by atoms with Crippen LogP contribution >= 0.6 is 0 Å². The third-order valence-electron chi connectivity index (χ3n) is 5.88. The smallest absolute Gasteiger partial charge is 0.159 e. The Bertz CT molecular complexity index is 860. The van der Waals surface area contributed by atoms with E-state index in [0.717, 1.165) is 36.4 Å². The standard InChI is InChI=1S/C29H38N2O/c1-2-3-4-5-6-7-8-10-16-26-18-20-27(21-19-26)29-30-23-28(24-31-29)32-22-13-17-25-14-11-9-12-15-25/h9,11-12,14-15,18-21,23-24H,2-8,10,13,16-17,22H2,1H3. The second-order valence-corrected chi connectivity index (χ2v) is 8.60. The second-order valence-electron chi connectivity index (χ2n) is 8.60. The van der Waals surface area contributed by atoms with E-state index in [9.17, 15) is 0 Å². The zero-order valence-corrected chi connectivity index (χ0v) is 19.6. The summed E-state index contributed by atoms with van der Waals surface area (Å²) in [5.41, 5.74) is 3.80. The van der Waals surface area contributed by atoms with Gasteiger partial charge in [0.1, 0.15) is 0 Å². The van der Waals surface area contributed by atoms with Gasteiger partial charge in [-0.3, -0.25) is 0 Å². The van der Waals surface area contributed by atoms with Gasteiger partial charge in [-0.05, 0) is 36.8 Å². The van der Waals surface area contributed by atoms with Crippen molar-refractivity contribution < 1.29 is 4.74 Å². The van der Waals surface area contributed by atoms with E-state index < -0.39 is 0 Å². The van der Waals surface area contributed by atoms with Gasteiger partial charge in [0, 0.05) is 5.56 Å². The lowest BCUT2D eigenvalue weighted by molar-refractivity contribution is 0.308. The van der Waals surface area contributed by atoms with Crippen molar-refractivity contribution in [1.29, 1.82) is 0 Å². The molecule has 1 heterocycles. The van der Waals surface area contributed by atoms with E-state index in [-0.39, 0.29) is 0 Å². The number of aryl methyl sites for hydroxylation is 2. The lowest BCUT2D eigenvalue weighted by atomic mass is 10.0. The number of rotatable bonds is 15. The SMILES string of the molecule is CCCCCCCCCCc1ccc(-c2ncc(OCCCc3ccccc3)cn2)cc1. The van der Waals surface area contributed by atoms with E-state index in [1.165, 1.54) is 62.5 Å². The molecule has 0 spiro atoms. The first-order valence-electron chi connectivity index (χ1n) is 12.4. The minimum atomic E-state index is 0.672. The minimum Gasteiger partial charge on any atom is -0.490 e. The van der Waals surface area contributed by atoms with Crippen LogP contribution < -0.4 is 4.74 Å². The lowest BCUT2D eigenvalue weighted by Gasteiger charge is -2.07. The lowest BCUT2D eigenvalue weighted by Crippen LogP contribution is -2.00. The molecular weight excluding hydrogens is 392 g/mol. The molecule has 3 rings (SSSR count). The Morgan fingerprint density at radius 2 is 1.22 bits per heavy atom. The molecule has 2 aromatic carbocycles. The van der Waals surface area contributed by atoms with Crippen LogP contribution in [0.4, 0.5) is 0 Å². The van der Waals surface area contributed by atoms with Gasteiger partial charge in [0.05, 0.1) is 19.0 Å². The average Bonchev–Trinajstić information content (AvgIpc) is 2.85. The predicted molar refractivity (Wildman–Crippen MR) is 134 cm³/mol. The normalized spacial score (nSPS) is 10.9. The Labute approximate surface area is 194 Å². The number of aromatic nitrogens is 2. The average molecular weight is 431 g/mol. The van der Waals surface area contributed by atoms with Crippen LogP contribution in [0, 0.1) is 0 Å². The fourth-order valence-corrected chi connectivity index (χ4v) is 3.93. The molecule has 3 nitrogen and oxygen atoms in total. The molecule has 0 saturated carbocycles. The molecule has 32 heavy (non-hydrogen) atoms. The highest BCUT2D eigenvalue weighted by molar-refractivity contribution is 5.55. The molecule has 3 aromatic rings. The molecule has 0 amide bonds. The van der Waals surface area contributed by atoms with Crippen molar-refractivity contribution in [3.8, 4) is 17.1 Å². The van der Waals surface area contributed by atoms with Gasteiger partial charge in [-0.25, -0.2) is 9.97 Å². The van der Waals surface area contributed by atoms with Crippen molar-refractivity contribution in [1.82, 2.24) is 9.97 Å². The Kier molecular flexibility index (Phi) is 10.8. The molecule has 0 fully saturated rings. The fourth-order valence-electron chi connectivity index (χ4n) is 3.93. The highest BCUT2D eigenvalue weighted by Crippen LogP contribution is 2.19. The number of hydrogen-bond acceptors (Lipinski definition) is 3. The van der Waals surface area contributed by atoms with Crippen LogP contribution in [-0.2, 0) is 12.8 Å². The second kappa shape index (κ2) is 14.4. The third-order valence-corrected chi connectivity index (χ3v) is 5.88. The van der Waals surface area contributed by atoms with Crippen LogP contribution in [0.5, 0.6) is 5.75 Å². The number of hydrogen-bond donors (Lipinski definition) is 0. The molecule has 170 valence electrons. The first kappa shape index (κ1) is 24.0. The van der Waals surface area contributed by atoms with E-state index in [0.29, 0.717) is 6.61 Å². The summed E-state index contributed by atoms with van der Waals surface area (Å²) < 4.78 is 5.80. The molecule has 0 aliphatic rings. The van der Waals surface area contributed by atoms with E-state index in [1.54, 1.807) is 12.4 Å². The molecule has 0 radical (unpaired) electrons. The Hall–Kier alpha value is -2.68. The summed E-state index contributed by atoms with van der Waals surface area (Å²) >= 11 is 0. The minimum absolute atomic E-state index is 0.672. The maximum Gasteiger partial charge on any atom is 0.159 e. The quantitative estimate of drug-likeness (QED) is 0.230. The maximum atomic E-state index is 5.80. The first-order chi connectivity index (χ1) is 15.8. The van der Waals surface area contributed by atoms with Crippen molar-refractivity contribution in [2.75, 3.05) is 6.61 Å². The highest BCUT2D eigenvalue weighted by atomic mass is 16.5. The van der Waals surface area contributed by atoms with E-state index in [2.05, 4.69) is 65.4 Å². The molecular formula is C29H38N2O. The summed E-state index contributed by atoms with van der Waals surface area (Å²) in [6, 6.07) is 19.2. The molecule has 1 aromatic heterocycles. The molecule has 0 aliphatic heterocycles. The van der Waals surface area contributed by atoms with Crippen LogP contribution in [-0.4, -0.2) is 16.6 Å². The first-order valence-corrected chi connectivity index (χ1v) is 12.4. The summed E-state index contributed by atoms with van der Waals surface area (Å²) in [5, 5.41) is 0. The number of nitrogens with zero attached hydrogens (tertiary/aromatic N) is 2. The van der Waals surface area contributed by atoms with Gasteiger partial charge in [-0.15, -0.1) is 0 Å². The number of benzene rings is 2. The predicted octanol–water partition coefficient (Wildman–Crippen LogP) is 7.84. The van der Waals surface area contributed by atoms with Crippen molar-refractivity contribution >= 4 is 0 Å². The van der Waals surface area contributed by atoms with Crippen LogP contribution in [0.25, 0.3) is 11.4 Å². The fraction of sp³-hybridized carbons (Fsp3) is 0.448. The maximum absolute atomic E-state index is 5.80. The van der Waals surface area contributed by atoms with Crippen molar-refractivity contribution in [2.45, 2.75) is 77.6 Å². The number of unbranched alkanes of at least 4 members (excludes halogenated alkanes) is 7. The van der Waals surface area contributed by atoms with E-state index in [1.807, 2.05) is 6.07 Å². The zero-order valence-electron chi connectivity index (χ0n) is 19.6. The van der Waals surface area contributed by atoms with Crippen molar-refractivity contribution in [3.05, 3.63) is 78.1 Å². The van der Waals surface area contributed by atoms with Crippen LogP contribution in [0.3, 0.4) is 0 Å². The zero-order chi connectivity index (χ0) is 22.3. The van der Waals surface area contributed by atoms with Gasteiger partial charge < -0.3 is 4.74 Å². The van der Waals surface area contributed by atoms with Gasteiger partial charge in [0.25, 0.3) is 0 Å². The van der Waals surface area contributed by atoms with Gasteiger partial charge in [0.15, 0.2) is 11.6 Å². The van der Waals surface area contributed by atoms with E-state index >= 15 is 0 Å². The Morgan fingerprint density at radius 1 is 0.625 bits per heavy atom. The molecule has 0 atom stereocenters. The Balaban J connectivity index is 1.34. The largest absolute Gasteiger partial charge is 0.490 e. The Morgan fingerprint density at radius 3 is 1.91 bits per heavy atom. The topological polar surface area (TPSA) is 35.0 Å². The van der Waals surface area contributed by atoms with Gasteiger partial charge >= 0.3 is 0 Å². The molecule has 0 unspecified atom stereocenters. The van der Waals surface area contributed by atoms with E-state index in [4.69, 9.17) is 4.74 Å². The molecule has 0 saturated heterocycles. The summed E-state index contributed by atoms with van der Waals surface area (Å²) in [4.78, 5) is 8.99. The highest BCUT2D eigenvalue weighted by Gasteiger charge is 2.03. The van der Waals surface area contributed by atoms with Crippen LogP contribution in [0.2, 0.25) is 0 Å². The summed E-state index contributed by atoms with van der Waals surface area (Å²) in [6.45, 7) is 2.95. The molecule has 0 N–H and O–H groups in total. The number of ether oxygens (including phenoxy) is 1. The summed E-state index contributed by atoms with van der Waals surface area (Å²) in [5.74, 6) is 1.48. The summed E-state index contributed by atoms with van der Waals surface area (Å²) in [6.07, 6.45) is 17.6. The van der Waals surface area contributed by atoms with Gasteiger partial charge in [-0.2, -0.15) is 0 Å². The van der Waals surface area contributed by atoms with Crippen LogP contribution in [0.15, 0.2) is 67.0 Å². The van der Waals surface area contributed by atoms with Crippen LogP contribution in [0.1, 0.15) is 75.8 Å². The monoisotopic (exact) mass is 430 g/mol. The molecule has 0 bridgehead atoms. The van der Waals surface area contributed by atoms with Gasteiger partial charge in [0.2, 0.25) is 0 Å².